The molecule has 0 N–H and O–H groups in total. The van der Waals surface area contributed by atoms with Crippen molar-refractivity contribution < 1.29 is 13.9 Å². The van der Waals surface area contributed by atoms with E-state index in [4.69, 9.17) is 12.7 Å². The van der Waals surface area contributed by atoms with Gasteiger partial charge in [0.2, 0.25) is 0 Å². The Morgan fingerprint density at radius 2 is 1.73 bits per heavy atom. The zero-order valence-electron chi connectivity index (χ0n) is 26.5. The summed E-state index contributed by atoms with van der Waals surface area (Å²) in [4.78, 5) is 28.4. The number of halogens is 1. The first-order valence-electron chi connectivity index (χ1n) is 14.9. The van der Waals surface area contributed by atoms with Crippen LogP contribution in [0.15, 0.2) is 30.7 Å². The highest BCUT2D eigenvalue weighted by Crippen LogP contribution is 2.59. The molecule has 41 heavy (non-hydrogen) atoms. The molecule has 9 heteroatoms. The highest BCUT2D eigenvalue weighted by atomic mass is 19.1. The zero-order valence-corrected chi connectivity index (χ0v) is 26.5. The maximum absolute atomic E-state index is 14.4. The van der Waals surface area contributed by atoms with Crippen molar-refractivity contribution in [2.75, 3.05) is 18.0 Å². The Morgan fingerprint density at radius 3 is 2.34 bits per heavy atom. The fraction of sp³-hybridized carbons (Fsp3) is 0.656. The maximum Gasteiger partial charge on any atom is 0.258 e. The van der Waals surface area contributed by atoms with Crippen LogP contribution in [0.25, 0.3) is 0 Å². The fourth-order valence-corrected chi connectivity index (χ4v) is 7.69. The van der Waals surface area contributed by atoms with Crippen molar-refractivity contribution in [2.24, 2.45) is 16.7 Å². The largest absolute Gasteiger partial charge is 0.451 e. The molecule has 1 spiro atoms. The van der Waals surface area contributed by atoms with Gasteiger partial charge in [-0.2, -0.15) is 0 Å². The van der Waals surface area contributed by atoms with Gasteiger partial charge in [-0.25, -0.2) is 14.4 Å². The smallest absolute Gasteiger partial charge is 0.258 e. The summed E-state index contributed by atoms with van der Waals surface area (Å²) in [6.07, 6.45) is 5.12. The van der Waals surface area contributed by atoms with Crippen LogP contribution in [-0.2, 0) is 0 Å². The van der Waals surface area contributed by atoms with E-state index in [1.54, 1.807) is 11.1 Å². The minimum atomic E-state index is -0.490. The van der Waals surface area contributed by atoms with E-state index >= 15 is 0 Å². The number of amides is 1. The van der Waals surface area contributed by atoms with Gasteiger partial charge in [0.25, 0.3) is 5.91 Å². The molecule has 2 radical (unpaired) electrons. The SMILES string of the molecule is [B]N1C(C)CC(C)C2(CN(c3ncncc3Oc3ccc(F)cc3C(=O)N(C(C)C)C(C)C)C2)C(C)(C)CC1(C)C. The van der Waals surface area contributed by atoms with Crippen molar-refractivity contribution in [1.82, 2.24) is 19.7 Å². The zero-order chi connectivity index (χ0) is 30.5. The van der Waals surface area contributed by atoms with Crippen LogP contribution in [0.2, 0.25) is 0 Å². The van der Waals surface area contributed by atoms with E-state index < -0.39 is 5.82 Å². The average molecular weight is 564 g/mol. The van der Waals surface area contributed by atoms with Gasteiger partial charge in [-0.1, -0.05) is 27.7 Å². The van der Waals surface area contributed by atoms with E-state index in [1.165, 1.54) is 24.5 Å². The van der Waals surface area contributed by atoms with Crippen molar-refractivity contribution in [3.05, 3.63) is 42.1 Å². The average Bonchev–Trinajstić information content (AvgIpc) is 2.83. The number of carbonyl (C=O) groups is 1. The minimum Gasteiger partial charge on any atom is -0.451 e. The van der Waals surface area contributed by atoms with Gasteiger partial charge in [-0.05, 0) is 90.0 Å². The Morgan fingerprint density at radius 1 is 1.10 bits per heavy atom. The van der Waals surface area contributed by atoms with Gasteiger partial charge in [-0.15, -0.1) is 0 Å². The lowest BCUT2D eigenvalue weighted by Gasteiger charge is -2.65. The number of ether oxygens (including phenoxy) is 1. The maximum atomic E-state index is 14.4. The van der Waals surface area contributed by atoms with Gasteiger partial charge >= 0.3 is 0 Å². The molecule has 3 heterocycles. The third kappa shape index (κ3) is 5.71. The summed E-state index contributed by atoms with van der Waals surface area (Å²) in [7, 11) is 6.60. The first-order valence-corrected chi connectivity index (χ1v) is 14.9. The Labute approximate surface area is 247 Å². The summed E-state index contributed by atoms with van der Waals surface area (Å²) < 4.78 is 20.7. The van der Waals surface area contributed by atoms with E-state index in [0.29, 0.717) is 17.5 Å². The number of hydrogen-bond acceptors (Lipinski definition) is 6. The summed E-state index contributed by atoms with van der Waals surface area (Å²) in [5, 5.41) is 0. The van der Waals surface area contributed by atoms with Crippen LogP contribution in [0, 0.1) is 22.6 Å². The molecule has 2 unspecified atom stereocenters. The van der Waals surface area contributed by atoms with Crippen LogP contribution in [0.3, 0.4) is 0 Å². The Balaban J connectivity index is 1.65. The van der Waals surface area contributed by atoms with E-state index in [-0.39, 0.29) is 51.7 Å². The lowest BCUT2D eigenvalue weighted by atomic mass is 9.50. The summed E-state index contributed by atoms with van der Waals surface area (Å²) in [5.74, 6) is 1.08. The van der Waals surface area contributed by atoms with Gasteiger partial charge < -0.3 is 19.3 Å². The number of benzene rings is 1. The van der Waals surface area contributed by atoms with Gasteiger partial charge in [0, 0.05) is 36.1 Å². The molecule has 1 amide bonds. The second-order valence-electron chi connectivity index (χ2n) is 14.1. The highest BCUT2D eigenvalue weighted by molar-refractivity contribution is 6.05. The molecule has 2 fully saturated rings. The van der Waals surface area contributed by atoms with Crippen LogP contribution in [0.4, 0.5) is 10.2 Å². The molecular formula is C32H47BFN5O2. The van der Waals surface area contributed by atoms with Crippen molar-refractivity contribution >= 4 is 19.7 Å². The molecule has 7 nitrogen and oxygen atoms in total. The molecule has 222 valence electrons. The molecule has 2 atom stereocenters. The molecule has 2 aromatic rings. The molecule has 0 bridgehead atoms. The Hall–Kier alpha value is -2.68. The summed E-state index contributed by atoms with van der Waals surface area (Å²) in [6, 6.07) is 4.23. The van der Waals surface area contributed by atoms with Gasteiger partial charge in [0.05, 0.1) is 11.8 Å². The Kier molecular flexibility index (Phi) is 8.54. The van der Waals surface area contributed by atoms with Crippen molar-refractivity contribution in [3.63, 3.8) is 0 Å². The minimum absolute atomic E-state index is 0.0198. The van der Waals surface area contributed by atoms with Crippen molar-refractivity contribution in [2.45, 2.75) is 106 Å². The first kappa shape index (κ1) is 31.3. The Bertz CT molecular complexity index is 1250. The molecule has 0 aliphatic carbocycles. The summed E-state index contributed by atoms with van der Waals surface area (Å²) in [5.41, 5.74) is 0.130. The molecular weight excluding hydrogens is 516 g/mol. The van der Waals surface area contributed by atoms with E-state index in [1.807, 2.05) is 32.5 Å². The normalized spacial score (nSPS) is 23.7. The predicted molar refractivity (Wildman–Crippen MR) is 163 cm³/mol. The molecule has 1 aromatic carbocycles. The number of carbonyl (C=O) groups excluding carboxylic acids is 1. The van der Waals surface area contributed by atoms with Crippen molar-refractivity contribution in [1.29, 1.82) is 0 Å². The van der Waals surface area contributed by atoms with Gasteiger partial charge in [-0.3, -0.25) is 4.79 Å². The lowest BCUT2D eigenvalue weighted by molar-refractivity contribution is -0.0786. The summed E-state index contributed by atoms with van der Waals surface area (Å²) in [6.45, 7) is 23.2. The van der Waals surface area contributed by atoms with E-state index in [2.05, 4.69) is 56.4 Å². The fourth-order valence-electron chi connectivity index (χ4n) is 7.69. The second-order valence-corrected chi connectivity index (χ2v) is 14.1. The van der Waals surface area contributed by atoms with E-state index in [9.17, 15) is 9.18 Å². The molecule has 2 aliphatic rings. The number of aromatic nitrogens is 2. The van der Waals surface area contributed by atoms with Crippen molar-refractivity contribution in [3.8, 4) is 11.5 Å². The van der Waals surface area contributed by atoms with Gasteiger partial charge in [0.15, 0.2) is 19.5 Å². The van der Waals surface area contributed by atoms with Crippen LogP contribution in [0.5, 0.6) is 11.5 Å². The number of rotatable bonds is 6. The highest BCUT2D eigenvalue weighted by Gasteiger charge is 2.59. The van der Waals surface area contributed by atoms with Crippen LogP contribution < -0.4 is 9.64 Å². The van der Waals surface area contributed by atoms with Gasteiger partial charge in [0.1, 0.15) is 17.9 Å². The quantitative estimate of drug-likeness (QED) is 0.375. The molecule has 0 saturated carbocycles. The van der Waals surface area contributed by atoms with E-state index in [0.717, 1.165) is 25.9 Å². The molecule has 2 aliphatic heterocycles. The lowest BCUT2D eigenvalue weighted by Crippen LogP contribution is -2.69. The number of nitrogens with zero attached hydrogens (tertiary/aromatic N) is 5. The number of anilines is 1. The predicted octanol–water partition coefficient (Wildman–Crippen LogP) is 6.48. The molecule has 1 aromatic heterocycles. The third-order valence-electron chi connectivity index (χ3n) is 9.68. The molecule has 4 rings (SSSR count). The standard InChI is InChI=1S/C32H47BFN5O2/c1-20(2)38(21(3)4)29(40)25-14-24(34)11-12-26(25)41-27-15-35-19-36-28(27)37-17-32(18-37)22(5)13-23(6)39(33)31(9,10)16-30(32,7)8/h11-12,14-15,19-23H,13,16-18H2,1-10H3. The molecule has 2 saturated heterocycles. The summed E-state index contributed by atoms with van der Waals surface area (Å²) >= 11 is 0. The second kappa shape index (κ2) is 11.2. The number of hydrogen-bond donors (Lipinski definition) is 0. The van der Waals surface area contributed by atoms with Crippen LogP contribution >= 0.6 is 0 Å². The monoisotopic (exact) mass is 563 g/mol. The van der Waals surface area contributed by atoms with Crippen LogP contribution in [-0.4, -0.2) is 70.3 Å². The third-order valence-corrected chi connectivity index (χ3v) is 9.68. The first-order chi connectivity index (χ1) is 19.0. The topological polar surface area (TPSA) is 61.8 Å². The van der Waals surface area contributed by atoms with Crippen LogP contribution in [0.1, 0.15) is 92.4 Å².